The van der Waals surface area contributed by atoms with E-state index in [-0.39, 0.29) is 12.1 Å². The molecule has 1 atom stereocenters. The number of nitrogens with zero attached hydrogens (tertiary/aromatic N) is 1. The van der Waals surface area contributed by atoms with E-state index in [0.29, 0.717) is 0 Å². The smallest absolute Gasteiger partial charge is 0.328 e. The van der Waals surface area contributed by atoms with Crippen molar-refractivity contribution in [2.75, 3.05) is 6.61 Å². The van der Waals surface area contributed by atoms with Gasteiger partial charge in [-0.15, -0.1) is 0 Å². The summed E-state index contributed by atoms with van der Waals surface area (Å²) in [7, 11) is 0. The van der Waals surface area contributed by atoms with Crippen LogP contribution in [0.4, 0.5) is 14.5 Å². The monoisotopic (exact) mass is 290 g/mol. The van der Waals surface area contributed by atoms with Gasteiger partial charge in [0, 0.05) is 0 Å². The third-order valence-corrected chi connectivity index (χ3v) is 2.27. The van der Waals surface area contributed by atoms with Crippen molar-refractivity contribution in [3.8, 4) is 0 Å². The number of carbonyl (C=O) groups excluding carboxylic acids is 1. The van der Waals surface area contributed by atoms with Gasteiger partial charge in [-0.05, 0) is 6.07 Å². The molecule has 10 heteroatoms. The number of aliphatic hydroxyl groups excluding tert-OH is 1. The normalized spacial score (nSPS) is 11.8. The summed E-state index contributed by atoms with van der Waals surface area (Å²) < 4.78 is 25.9. The van der Waals surface area contributed by atoms with Crippen LogP contribution >= 0.6 is 0 Å². The van der Waals surface area contributed by atoms with Gasteiger partial charge < -0.3 is 15.5 Å². The van der Waals surface area contributed by atoms with E-state index in [1.54, 1.807) is 5.32 Å². The van der Waals surface area contributed by atoms with E-state index in [0.717, 1.165) is 0 Å². The zero-order chi connectivity index (χ0) is 15.4. The molecule has 1 rings (SSSR count). The van der Waals surface area contributed by atoms with Crippen LogP contribution in [-0.2, 0) is 4.79 Å². The second-order valence-electron chi connectivity index (χ2n) is 3.59. The van der Waals surface area contributed by atoms with Gasteiger partial charge in [-0.1, -0.05) is 0 Å². The largest absolute Gasteiger partial charge is 0.480 e. The van der Waals surface area contributed by atoms with Crippen LogP contribution in [0.3, 0.4) is 0 Å². The summed E-state index contributed by atoms with van der Waals surface area (Å²) in [5.74, 6) is -5.94. The molecular formula is C10H8F2N2O6. The van der Waals surface area contributed by atoms with Crippen molar-refractivity contribution in [3.63, 3.8) is 0 Å². The van der Waals surface area contributed by atoms with Crippen LogP contribution in [0, 0.1) is 21.7 Å². The summed E-state index contributed by atoms with van der Waals surface area (Å²) >= 11 is 0. The summed E-state index contributed by atoms with van der Waals surface area (Å²) in [6.07, 6.45) is 0. The zero-order valence-electron chi connectivity index (χ0n) is 9.67. The molecule has 0 aromatic heterocycles. The SMILES string of the molecule is O=C(N[C@H](CO)C(=O)O)c1cc(F)c(F)cc1[N+](=O)[O-]. The lowest BCUT2D eigenvalue weighted by molar-refractivity contribution is -0.385. The Morgan fingerprint density at radius 1 is 1.35 bits per heavy atom. The fourth-order valence-electron chi connectivity index (χ4n) is 1.29. The summed E-state index contributed by atoms with van der Waals surface area (Å²) in [5.41, 5.74) is -1.88. The fourth-order valence-corrected chi connectivity index (χ4v) is 1.29. The molecular weight excluding hydrogens is 282 g/mol. The number of aliphatic hydroxyl groups is 1. The van der Waals surface area contributed by atoms with E-state index in [2.05, 4.69) is 0 Å². The molecule has 3 N–H and O–H groups in total. The molecule has 20 heavy (non-hydrogen) atoms. The molecule has 0 bridgehead atoms. The molecule has 1 aromatic carbocycles. The maximum absolute atomic E-state index is 13.0. The standard InChI is InChI=1S/C10H8F2N2O6/c11-5-1-4(8(14(19)20)2-6(5)12)9(16)13-7(3-15)10(17)18/h1-2,7,15H,3H2,(H,13,16)(H,17,18)/t7-/m1/s1. The second-order valence-corrected chi connectivity index (χ2v) is 3.59. The van der Waals surface area contributed by atoms with E-state index in [4.69, 9.17) is 10.2 Å². The van der Waals surface area contributed by atoms with Gasteiger partial charge in [0.2, 0.25) is 0 Å². The Morgan fingerprint density at radius 3 is 2.35 bits per heavy atom. The van der Waals surface area contributed by atoms with Crippen molar-refractivity contribution in [1.82, 2.24) is 5.32 Å². The third kappa shape index (κ3) is 3.23. The van der Waals surface area contributed by atoms with Crippen LogP contribution in [-0.4, -0.2) is 39.7 Å². The zero-order valence-corrected chi connectivity index (χ0v) is 9.67. The van der Waals surface area contributed by atoms with Gasteiger partial charge in [0.1, 0.15) is 5.56 Å². The number of nitro groups is 1. The fraction of sp³-hybridized carbons (Fsp3) is 0.200. The molecule has 0 spiro atoms. The Hall–Kier alpha value is -2.62. The average molecular weight is 290 g/mol. The first-order chi connectivity index (χ1) is 9.27. The first-order valence-corrected chi connectivity index (χ1v) is 5.06. The predicted octanol–water partition coefficient (Wildman–Crippen LogP) is 0.0483. The number of amides is 1. The van der Waals surface area contributed by atoms with Crippen molar-refractivity contribution < 1.29 is 33.5 Å². The van der Waals surface area contributed by atoms with Crippen LogP contribution in [0.2, 0.25) is 0 Å². The Balaban J connectivity index is 3.18. The second kappa shape index (κ2) is 6.02. The molecule has 8 nitrogen and oxygen atoms in total. The van der Waals surface area contributed by atoms with Crippen molar-refractivity contribution in [1.29, 1.82) is 0 Å². The van der Waals surface area contributed by atoms with Crippen LogP contribution in [0.1, 0.15) is 10.4 Å². The lowest BCUT2D eigenvalue weighted by Crippen LogP contribution is -2.43. The summed E-state index contributed by atoms with van der Waals surface area (Å²) in [6, 6.07) is -1.24. The number of carbonyl (C=O) groups is 2. The summed E-state index contributed by atoms with van der Waals surface area (Å²) in [4.78, 5) is 31.8. The van der Waals surface area contributed by atoms with Gasteiger partial charge in [0.05, 0.1) is 17.6 Å². The Bertz CT molecular complexity index is 577. The van der Waals surface area contributed by atoms with Crippen LogP contribution in [0.25, 0.3) is 0 Å². The van der Waals surface area contributed by atoms with Gasteiger partial charge in [-0.25, -0.2) is 13.6 Å². The van der Waals surface area contributed by atoms with E-state index in [1.165, 1.54) is 0 Å². The molecule has 108 valence electrons. The topological polar surface area (TPSA) is 130 Å². The molecule has 0 unspecified atom stereocenters. The minimum Gasteiger partial charge on any atom is -0.480 e. The van der Waals surface area contributed by atoms with Crippen molar-refractivity contribution in [2.24, 2.45) is 0 Å². The third-order valence-electron chi connectivity index (χ3n) is 2.27. The first-order valence-electron chi connectivity index (χ1n) is 5.06. The van der Waals surface area contributed by atoms with Gasteiger partial charge in [-0.2, -0.15) is 0 Å². The molecule has 1 amide bonds. The number of halogens is 2. The Morgan fingerprint density at radius 2 is 1.90 bits per heavy atom. The highest BCUT2D eigenvalue weighted by Gasteiger charge is 2.27. The van der Waals surface area contributed by atoms with Crippen LogP contribution in [0.15, 0.2) is 12.1 Å². The van der Waals surface area contributed by atoms with Gasteiger partial charge in [-0.3, -0.25) is 14.9 Å². The number of benzene rings is 1. The minimum atomic E-state index is -1.73. The Kier molecular flexibility index (Phi) is 4.64. The quantitative estimate of drug-likeness (QED) is 0.519. The van der Waals surface area contributed by atoms with Gasteiger partial charge >= 0.3 is 5.97 Å². The van der Waals surface area contributed by atoms with Crippen molar-refractivity contribution in [2.45, 2.75) is 6.04 Å². The number of aliphatic carboxylic acids is 1. The van der Waals surface area contributed by atoms with Crippen LogP contribution < -0.4 is 5.32 Å². The Labute approximate surface area is 109 Å². The molecule has 1 aromatic rings. The number of rotatable bonds is 5. The van der Waals surface area contributed by atoms with E-state index in [1.807, 2.05) is 0 Å². The highest BCUT2D eigenvalue weighted by atomic mass is 19.2. The van der Waals surface area contributed by atoms with Crippen molar-refractivity contribution >= 4 is 17.6 Å². The van der Waals surface area contributed by atoms with Crippen LogP contribution in [0.5, 0.6) is 0 Å². The molecule has 0 saturated carbocycles. The lowest BCUT2D eigenvalue weighted by atomic mass is 10.1. The number of hydrogen-bond donors (Lipinski definition) is 3. The number of nitro benzene ring substituents is 1. The molecule has 0 heterocycles. The first kappa shape index (κ1) is 15.4. The number of nitrogens with one attached hydrogen (secondary N) is 1. The molecule has 0 aliphatic carbocycles. The molecule has 0 radical (unpaired) electrons. The summed E-state index contributed by atoms with van der Waals surface area (Å²) in [6.45, 7) is -0.974. The predicted molar refractivity (Wildman–Crippen MR) is 59.0 cm³/mol. The van der Waals surface area contributed by atoms with E-state index >= 15 is 0 Å². The highest BCUT2D eigenvalue weighted by Crippen LogP contribution is 2.22. The van der Waals surface area contributed by atoms with E-state index < -0.39 is 52.3 Å². The lowest BCUT2D eigenvalue weighted by Gasteiger charge is -2.11. The summed E-state index contributed by atoms with van der Waals surface area (Å²) in [5, 5.41) is 29.7. The molecule has 0 aliphatic rings. The van der Waals surface area contributed by atoms with E-state index in [9.17, 15) is 28.5 Å². The maximum Gasteiger partial charge on any atom is 0.328 e. The minimum absolute atomic E-state index is 0.207. The maximum atomic E-state index is 13.0. The molecule has 0 fully saturated rings. The number of carboxylic acids is 1. The van der Waals surface area contributed by atoms with Crippen molar-refractivity contribution in [3.05, 3.63) is 39.4 Å². The van der Waals surface area contributed by atoms with Gasteiger partial charge in [0.25, 0.3) is 11.6 Å². The molecule has 0 saturated heterocycles. The average Bonchev–Trinajstić information content (AvgIpc) is 2.37. The number of hydrogen-bond acceptors (Lipinski definition) is 5. The van der Waals surface area contributed by atoms with Gasteiger partial charge in [0.15, 0.2) is 17.7 Å². The highest BCUT2D eigenvalue weighted by molar-refractivity contribution is 6.00. The molecule has 0 aliphatic heterocycles. The number of carboxylic acid groups (broad SMARTS) is 1.